The number of hydrogen-bond acceptors (Lipinski definition) is 6. The molecule has 5 rings (SSSR count). The molecule has 0 amide bonds. The average Bonchev–Trinajstić information content (AvgIpc) is 3.38. The number of piperidine rings is 1. The SMILES string of the molecule is COc1cccc2sc([C@@H]3CCN(C[C@H](O)COc4cccc5c4OC(C)(C)C5)[C@H](C)C3)cc12. The molecule has 0 aliphatic carbocycles. The van der Waals surface area contributed by atoms with E-state index in [1.54, 1.807) is 7.11 Å². The number of aliphatic hydroxyl groups excluding tert-OH is 1. The topological polar surface area (TPSA) is 51.2 Å². The van der Waals surface area contributed by atoms with Gasteiger partial charge in [0.05, 0.1) is 7.11 Å². The molecule has 5 nitrogen and oxygen atoms in total. The molecule has 3 atom stereocenters. The van der Waals surface area contributed by atoms with Crippen molar-refractivity contribution in [2.45, 2.75) is 63.7 Å². The van der Waals surface area contributed by atoms with E-state index in [-0.39, 0.29) is 12.2 Å². The lowest BCUT2D eigenvalue weighted by molar-refractivity contribution is 0.0388. The number of aliphatic hydroxyl groups is 1. The van der Waals surface area contributed by atoms with Gasteiger partial charge in [-0.15, -0.1) is 11.3 Å². The third kappa shape index (κ3) is 4.77. The fourth-order valence-corrected chi connectivity index (χ4v) is 6.62. The van der Waals surface area contributed by atoms with E-state index in [0.29, 0.717) is 18.5 Å². The highest BCUT2D eigenvalue weighted by Gasteiger charge is 2.33. The van der Waals surface area contributed by atoms with E-state index in [0.717, 1.165) is 43.1 Å². The normalized spacial score (nSPS) is 22.9. The minimum absolute atomic E-state index is 0.209. The predicted octanol–water partition coefficient (Wildman–Crippen LogP) is 5.63. The summed E-state index contributed by atoms with van der Waals surface area (Å²) in [5.74, 6) is 3.06. The third-order valence-electron chi connectivity index (χ3n) is 7.11. The van der Waals surface area contributed by atoms with Crippen LogP contribution < -0.4 is 14.2 Å². The van der Waals surface area contributed by atoms with E-state index < -0.39 is 6.10 Å². The summed E-state index contributed by atoms with van der Waals surface area (Å²) in [4.78, 5) is 3.84. The fraction of sp³-hybridized carbons (Fsp3) is 0.500. The molecule has 2 aliphatic rings. The summed E-state index contributed by atoms with van der Waals surface area (Å²) in [6.07, 6.45) is 2.53. The van der Waals surface area contributed by atoms with E-state index in [1.807, 2.05) is 29.5 Å². The smallest absolute Gasteiger partial charge is 0.165 e. The molecule has 1 saturated heterocycles. The Balaban J connectivity index is 1.16. The number of methoxy groups -OCH3 is 1. The summed E-state index contributed by atoms with van der Waals surface area (Å²) < 4.78 is 18.9. The highest BCUT2D eigenvalue weighted by molar-refractivity contribution is 7.19. The number of β-amino-alcohol motifs (C(OH)–C–C–N with tert-alkyl or cyclic N) is 1. The van der Waals surface area contributed by atoms with Gasteiger partial charge in [0.2, 0.25) is 0 Å². The molecule has 0 unspecified atom stereocenters. The van der Waals surface area contributed by atoms with Crippen molar-refractivity contribution in [3.8, 4) is 17.2 Å². The van der Waals surface area contributed by atoms with Crippen molar-refractivity contribution in [2.75, 3.05) is 26.8 Å². The van der Waals surface area contributed by atoms with Gasteiger partial charge < -0.3 is 19.3 Å². The molecule has 34 heavy (non-hydrogen) atoms. The Morgan fingerprint density at radius 2 is 2.00 bits per heavy atom. The molecule has 2 aromatic carbocycles. The molecule has 0 bridgehead atoms. The van der Waals surface area contributed by atoms with Gasteiger partial charge >= 0.3 is 0 Å². The van der Waals surface area contributed by atoms with Crippen LogP contribution in [0.1, 0.15) is 50.0 Å². The van der Waals surface area contributed by atoms with Gasteiger partial charge in [0.15, 0.2) is 11.5 Å². The zero-order valence-electron chi connectivity index (χ0n) is 20.5. The van der Waals surface area contributed by atoms with Crippen molar-refractivity contribution in [1.82, 2.24) is 4.90 Å². The van der Waals surface area contributed by atoms with Gasteiger partial charge in [0, 0.05) is 39.5 Å². The average molecular weight is 482 g/mol. The van der Waals surface area contributed by atoms with Crippen molar-refractivity contribution in [3.05, 3.63) is 52.9 Å². The monoisotopic (exact) mass is 481 g/mol. The summed E-state index contributed by atoms with van der Waals surface area (Å²) in [6.45, 7) is 8.32. The Labute approximate surface area is 206 Å². The number of likely N-dealkylation sites (tertiary alicyclic amines) is 1. The minimum atomic E-state index is -0.544. The van der Waals surface area contributed by atoms with Crippen molar-refractivity contribution < 1.29 is 19.3 Å². The summed E-state index contributed by atoms with van der Waals surface area (Å²) in [5.41, 5.74) is 0.964. The summed E-state index contributed by atoms with van der Waals surface area (Å²) in [5, 5.41) is 12.0. The highest BCUT2D eigenvalue weighted by Crippen LogP contribution is 2.42. The van der Waals surface area contributed by atoms with E-state index >= 15 is 0 Å². The summed E-state index contributed by atoms with van der Waals surface area (Å²) in [7, 11) is 1.74. The van der Waals surface area contributed by atoms with Crippen molar-refractivity contribution in [3.63, 3.8) is 0 Å². The fourth-order valence-electron chi connectivity index (χ4n) is 5.39. The van der Waals surface area contributed by atoms with Crippen molar-refractivity contribution in [2.24, 2.45) is 0 Å². The lowest BCUT2D eigenvalue weighted by atomic mass is 9.90. The van der Waals surface area contributed by atoms with Crippen LogP contribution in [0.3, 0.4) is 0 Å². The van der Waals surface area contributed by atoms with Crippen LogP contribution >= 0.6 is 11.3 Å². The van der Waals surface area contributed by atoms with Gasteiger partial charge in [0.25, 0.3) is 0 Å². The first kappa shape index (κ1) is 23.5. The number of rotatable bonds is 7. The van der Waals surface area contributed by atoms with Crippen molar-refractivity contribution >= 4 is 21.4 Å². The van der Waals surface area contributed by atoms with Gasteiger partial charge in [-0.2, -0.15) is 0 Å². The Kier molecular flexibility index (Phi) is 6.49. The maximum atomic E-state index is 10.7. The summed E-state index contributed by atoms with van der Waals surface area (Å²) >= 11 is 1.89. The lowest BCUT2D eigenvalue weighted by Gasteiger charge is -2.38. The molecule has 3 aromatic rings. The summed E-state index contributed by atoms with van der Waals surface area (Å²) in [6, 6.07) is 15.0. The van der Waals surface area contributed by atoms with Crippen molar-refractivity contribution in [1.29, 1.82) is 0 Å². The standard InChI is InChI=1S/C28H35NO4S/c1-18-13-19(26-14-22-23(31-4)8-6-10-25(22)34-26)11-12-29(18)16-21(30)17-32-24-9-5-7-20-15-28(2,3)33-27(20)24/h5-10,14,18-19,21,30H,11-13,15-17H2,1-4H3/t18-,19-,21+/m1/s1. The maximum Gasteiger partial charge on any atom is 0.165 e. The number of benzene rings is 2. The number of fused-ring (bicyclic) bond motifs is 2. The Hall–Kier alpha value is -2.28. The molecular weight excluding hydrogens is 446 g/mol. The van der Waals surface area contributed by atoms with Gasteiger partial charge in [-0.3, -0.25) is 4.90 Å². The molecule has 182 valence electrons. The van der Waals surface area contributed by atoms with E-state index in [1.165, 1.54) is 20.5 Å². The van der Waals surface area contributed by atoms with Gasteiger partial charge in [-0.05, 0) is 70.3 Å². The Morgan fingerprint density at radius 3 is 2.79 bits per heavy atom. The van der Waals surface area contributed by atoms with Crippen LogP contribution in [-0.2, 0) is 6.42 Å². The zero-order chi connectivity index (χ0) is 23.9. The zero-order valence-corrected chi connectivity index (χ0v) is 21.4. The van der Waals surface area contributed by atoms with Gasteiger partial charge in [-0.1, -0.05) is 18.2 Å². The molecule has 1 N–H and O–H groups in total. The van der Waals surface area contributed by atoms with E-state index in [9.17, 15) is 5.11 Å². The second-order valence-corrected chi connectivity index (χ2v) is 11.4. The molecule has 0 radical (unpaired) electrons. The first-order valence-electron chi connectivity index (χ1n) is 12.3. The van der Waals surface area contributed by atoms with Crippen LogP contribution in [0.2, 0.25) is 0 Å². The van der Waals surface area contributed by atoms with Crippen LogP contribution in [0.4, 0.5) is 0 Å². The van der Waals surface area contributed by atoms with Gasteiger partial charge in [0.1, 0.15) is 24.1 Å². The number of para-hydroxylation sites is 1. The first-order valence-corrected chi connectivity index (χ1v) is 13.1. The molecule has 3 heterocycles. The van der Waals surface area contributed by atoms with Crippen LogP contribution in [0.15, 0.2) is 42.5 Å². The van der Waals surface area contributed by atoms with Crippen LogP contribution in [-0.4, -0.2) is 54.6 Å². The second kappa shape index (κ2) is 9.40. The first-order chi connectivity index (χ1) is 16.3. The Bertz CT molecular complexity index is 1160. The highest BCUT2D eigenvalue weighted by atomic mass is 32.1. The lowest BCUT2D eigenvalue weighted by Crippen LogP contribution is -2.45. The van der Waals surface area contributed by atoms with Crippen LogP contribution in [0.5, 0.6) is 17.2 Å². The largest absolute Gasteiger partial charge is 0.496 e. The van der Waals surface area contributed by atoms with Gasteiger partial charge in [-0.25, -0.2) is 0 Å². The van der Waals surface area contributed by atoms with Crippen LogP contribution in [0.25, 0.3) is 10.1 Å². The Morgan fingerprint density at radius 1 is 1.21 bits per heavy atom. The third-order valence-corrected chi connectivity index (χ3v) is 8.37. The van der Waals surface area contributed by atoms with Crippen LogP contribution in [0, 0.1) is 0 Å². The number of hydrogen-bond donors (Lipinski definition) is 1. The predicted molar refractivity (Wildman–Crippen MR) is 138 cm³/mol. The second-order valence-electron chi connectivity index (χ2n) is 10.3. The minimum Gasteiger partial charge on any atom is -0.496 e. The molecular formula is C28H35NO4S. The molecule has 0 spiro atoms. The maximum absolute atomic E-state index is 10.7. The molecule has 6 heteroatoms. The van der Waals surface area contributed by atoms with E-state index in [4.69, 9.17) is 14.2 Å². The molecule has 2 aliphatic heterocycles. The molecule has 0 saturated carbocycles. The molecule has 1 fully saturated rings. The number of ether oxygens (including phenoxy) is 3. The number of thiophene rings is 1. The van der Waals surface area contributed by atoms with E-state index in [2.05, 4.69) is 49.9 Å². The molecule has 1 aromatic heterocycles. The number of nitrogens with zero attached hydrogens (tertiary/aromatic N) is 1. The quantitative estimate of drug-likeness (QED) is 0.474.